The van der Waals surface area contributed by atoms with Crippen molar-refractivity contribution in [1.29, 1.82) is 0 Å². The van der Waals surface area contributed by atoms with Gasteiger partial charge in [-0.05, 0) is 20.3 Å². The van der Waals surface area contributed by atoms with E-state index in [1.165, 1.54) is 0 Å². The predicted octanol–water partition coefficient (Wildman–Crippen LogP) is -5.08. The molecule has 0 radical (unpaired) electrons. The highest BCUT2D eigenvalue weighted by molar-refractivity contribution is 7.61. The number of carbonyl (C=O) groups is 7. The lowest BCUT2D eigenvalue weighted by atomic mass is 9.96. The summed E-state index contributed by atoms with van der Waals surface area (Å²) in [5.74, 6) is -6.54. The van der Waals surface area contributed by atoms with Gasteiger partial charge in [-0.25, -0.2) is 18.7 Å². The summed E-state index contributed by atoms with van der Waals surface area (Å²) in [6.45, 7) is 0.765. The second-order valence-electron chi connectivity index (χ2n) is 13.0. The minimum absolute atomic E-state index is 0.176. The highest BCUT2D eigenvalue weighted by Gasteiger charge is 2.52. The fourth-order valence-electron chi connectivity index (χ4n) is 5.64. The van der Waals surface area contributed by atoms with Crippen LogP contribution in [0.15, 0.2) is 0 Å². The van der Waals surface area contributed by atoms with E-state index in [4.69, 9.17) is 23.8 Å². The number of carbonyl (C=O) groups excluding carboxylic acids is 5. The van der Waals surface area contributed by atoms with Crippen molar-refractivity contribution in [2.24, 2.45) is 0 Å². The van der Waals surface area contributed by atoms with Crippen molar-refractivity contribution in [3.63, 3.8) is 0 Å². The average molecular weight is 882 g/mol. The number of phosphoric ester groups is 2. The molecule has 12 N–H and O–H groups in total. The van der Waals surface area contributed by atoms with Crippen molar-refractivity contribution in [2.45, 2.75) is 113 Å². The molecule has 3 saturated heterocycles. The summed E-state index contributed by atoms with van der Waals surface area (Å²) in [4.78, 5) is 105. The lowest BCUT2D eigenvalue weighted by Gasteiger charge is -2.44. The smallest absolute Gasteiger partial charge is 0.481 e. The van der Waals surface area contributed by atoms with Crippen LogP contribution in [0.2, 0.25) is 0 Å². The molecule has 0 spiro atoms. The summed E-state index contributed by atoms with van der Waals surface area (Å²) in [5.41, 5.74) is 0. The number of carboxylic acid groups (broad SMARTS) is 2. The van der Waals surface area contributed by atoms with Gasteiger partial charge in [0.15, 0.2) is 12.5 Å². The van der Waals surface area contributed by atoms with Crippen molar-refractivity contribution >= 4 is 57.2 Å². The zero-order valence-corrected chi connectivity index (χ0v) is 32.5. The van der Waals surface area contributed by atoms with Crippen LogP contribution in [0, 0.1) is 0 Å². The maximum absolute atomic E-state index is 13.0. The van der Waals surface area contributed by atoms with Crippen LogP contribution in [0.4, 0.5) is 4.79 Å². The number of imide groups is 1. The molecule has 0 aromatic heterocycles. The average Bonchev–Trinajstić information content (AvgIpc) is 3.39. The van der Waals surface area contributed by atoms with Gasteiger partial charge in [0.1, 0.15) is 60.9 Å². The number of urea groups is 1. The number of nitrogens with zero attached hydrogens (tertiary/aromatic N) is 1. The van der Waals surface area contributed by atoms with Gasteiger partial charge in [-0.3, -0.25) is 43.2 Å². The van der Waals surface area contributed by atoms with Gasteiger partial charge in [0.2, 0.25) is 23.6 Å². The number of phosphoric acid groups is 2. The molecule has 6 amide bonds. The quantitative estimate of drug-likeness (QED) is 0.0509. The Bertz CT molecular complexity index is 1660. The van der Waals surface area contributed by atoms with E-state index in [0.717, 1.165) is 25.7 Å². The molecule has 58 heavy (non-hydrogen) atoms. The third-order valence-electron chi connectivity index (χ3n) is 8.54. The van der Waals surface area contributed by atoms with Crippen molar-refractivity contribution < 1.29 is 111 Å². The third kappa shape index (κ3) is 13.4. The molecule has 0 bridgehead atoms. The first-order valence-electron chi connectivity index (χ1n) is 17.1. The van der Waals surface area contributed by atoms with Gasteiger partial charge in [-0.1, -0.05) is 0 Å². The van der Waals surface area contributed by atoms with Gasteiger partial charge >= 0.3 is 33.6 Å². The fourth-order valence-corrected chi connectivity index (χ4v) is 7.80. The normalized spacial score (nSPS) is 31.1. The molecule has 3 aliphatic heterocycles. The zero-order valence-electron chi connectivity index (χ0n) is 30.7. The second kappa shape index (κ2) is 20.5. The Morgan fingerprint density at radius 1 is 0.948 bits per heavy atom. The van der Waals surface area contributed by atoms with Crippen molar-refractivity contribution in [3.8, 4) is 0 Å². The lowest BCUT2D eigenvalue weighted by Crippen LogP contribution is -2.66. The number of amides is 6. The van der Waals surface area contributed by atoms with E-state index >= 15 is 0 Å². The van der Waals surface area contributed by atoms with Crippen molar-refractivity contribution in [3.05, 3.63) is 0 Å². The number of hydrogen-bond donors (Lipinski definition) is 12. The van der Waals surface area contributed by atoms with Crippen LogP contribution in [-0.4, -0.2) is 180 Å². The summed E-state index contributed by atoms with van der Waals surface area (Å²) >= 11 is 0. The number of rotatable bonds is 20. The summed E-state index contributed by atoms with van der Waals surface area (Å²) in [5, 5.41) is 68.1. The summed E-state index contributed by atoms with van der Waals surface area (Å²) in [6.07, 6.45) is -17.6. The molecule has 330 valence electrons. The lowest BCUT2D eigenvalue weighted by molar-refractivity contribution is -0.261. The molecular formula is C28H45N5O23P2. The molecule has 2 unspecified atom stereocenters. The minimum Gasteiger partial charge on any atom is -0.481 e. The van der Waals surface area contributed by atoms with Crippen molar-refractivity contribution in [1.82, 2.24) is 26.2 Å². The molecule has 0 aliphatic carbocycles. The van der Waals surface area contributed by atoms with Gasteiger partial charge in [0, 0.05) is 26.3 Å². The minimum atomic E-state index is -5.87. The first-order valence-corrected chi connectivity index (χ1v) is 20.1. The standard InChI is InChI=1S/C28H45N5O23P2/c1-10(23(42)31-13(26(44)45)4-5-17(37)38)29-24(43)11(2)52-22-18(30-12(3)35)27(54-14(8-34)20(22)40)55-58(49,50)56-57(47,48)51-9-15-19(39)21(41)25(53-15)33-7-6-16(36)32-28(33)46/h10-11,13-15,18-22,25,27,34,39-41H,4-9H2,1-3H3,(H,29,43)(H,30,35)(H,31,42)(H,37,38)(H,44,45)(H,47,48)(H,49,50)(H,32,36,46)/t10-,11+,13+,14+,15+,18+,19+,20+,21+,22+,25+,27+/m0/s1. The van der Waals surface area contributed by atoms with Crippen LogP contribution >= 0.6 is 15.6 Å². The Morgan fingerprint density at radius 2 is 1.60 bits per heavy atom. The van der Waals surface area contributed by atoms with E-state index < -0.39 is 157 Å². The summed E-state index contributed by atoms with van der Waals surface area (Å²) < 4.78 is 55.9. The summed E-state index contributed by atoms with van der Waals surface area (Å²) in [7, 11) is -11.6. The van der Waals surface area contributed by atoms with Gasteiger partial charge in [-0.2, -0.15) is 4.31 Å². The molecule has 30 heteroatoms. The number of hydrogen-bond acceptors (Lipinski definition) is 19. The molecule has 28 nitrogen and oxygen atoms in total. The summed E-state index contributed by atoms with van der Waals surface area (Å²) in [6, 6.07) is -5.92. The Balaban J connectivity index is 1.69. The Hall–Kier alpha value is -3.73. The molecular weight excluding hydrogens is 836 g/mol. The van der Waals surface area contributed by atoms with Crippen LogP contribution in [0.25, 0.3) is 0 Å². The molecule has 3 aliphatic rings. The van der Waals surface area contributed by atoms with E-state index in [1.54, 1.807) is 0 Å². The number of aliphatic hydroxyl groups excluding tert-OH is 4. The van der Waals surface area contributed by atoms with Crippen LogP contribution in [0.5, 0.6) is 0 Å². The second-order valence-corrected chi connectivity index (χ2v) is 16.0. The van der Waals surface area contributed by atoms with Gasteiger partial charge in [0.05, 0.1) is 13.2 Å². The SMILES string of the molecule is CC(=O)N[C@H]1[C@@H](OP(=O)(O)OP(=O)(O)OC[C@H]2O[C@@H](N3CCC(=O)NC3=O)[C@H](O)[C@@H]2O)O[C@H](CO)[C@@H](O)[C@@H]1O[C@H](C)C(=O)N[C@@H](C)C(=O)N[C@H](CCC(=O)O)C(=O)O. The monoisotopic (exact) mass is 881 g/mol. The van der Waals surface area contributed by atoms with E-state index in [0.29, 0.717) is 0 Å². The van der Waals surface area contributed by atoms with Gasteiger partial charge < -0.3 is 70.6 Å². The Labute approximate surface area is 327 Å². The van der Waals surface area contributed by atoms with E-state index in [-0.39, 0.29) is 13.0 Å². The highest BCUT2D eigenvalue weighted by Crippen LogP contribution is 2.61. The highest BCUT2D eigenvalue weighted by atomic mass is 31.3. The Kier molecular flexibility index (Phi) is 17.2. The number of nitrogens with one attached hydrogen (secondary N) is 4. The Morgan fingerprint density at radius 3 is 2.17 bits per heavy atom. The van der Waals surface area contributed by atoms with Crippen LogP contribution in [0.1, 0.15) is 40.0 Å². The first-order chi connectivity index (χ1) is 26.9. The van der Waals surface area contributed by atoms with Gasteiger partial charge in [-0.15, -0.1) is 0 Å². The first kappa shape index (κ1) is 48.6. The van der Waals surface area contributed by atoms with Gasteiger partial charge in [0.25, 0.3) is 0 Å². The maximum Gasteiger partial charge on any atom is 0.483 e. The third-order valence-corrected chi connectivity index (χ3v) is 11.1. The molecule has 0 saturated carbocycles. The maximum atomic E-state index is 13.0. The molecule has 0 aromatic rings. The zero-order chi connectivity index (χ0) is 43.9. The van der Waals surface area contributed by atoms with E-state index in [2.05, 4.69) is 24.8 Å². The molecule has 3 heterocycles. The molecule has 0 aromatic carbocycles. The fraction of sp³-hybridized carbons (Fsp3) is 0.750. The van der Waals surface area contributed by atoms with Crippen LogP contribution in [-0.2, 0) is 65.5 Å². The number of carboxylic acids is 2. The molecule has 14 atom stereocenters. The van der Waals surface area contributed by atoms with E-state index in [9.17, 15) is 78.0 Å². The molecule has 3 fully saturated rings. The largest absolute Gasteiger partial charge is 0.483 e. The topological polar surface area (TPSA) is 422 Å². The van der Waals surface area contributed by atoms with Crippen molar-refractivity contribution in [2.75, 3.05) is 19.8 Å². The predicted molar refractivity (Wildman–Crippen MR) is 181 cm³/mol. The number of aliphatic carboxylic acids is 2. The number of ether oxygens (including phenoxy) is 3. The number of aliphatic hydroxyl groups is 4. The van der Waals surface area contributed by atoms with E-state index in [1.807, 2.05) is 5.32 Å². The molecule has 3 rings (SSSR count). The van der Waals surface area contributed by atoms with Crippen LogP contribution < -0.4 is 21.3 Å². The van der Waals surface area contributed by atoms with Crippen LogP contribution in [0.3, 0.4) is 0 Å².